The van der Waals surface area contributed by atoms with Gasteiger partial charge < -0.3 is 15.6 Å². The highest BCUT2D eigenvalue weighted by Crippen LogP contribution is 2.39. The van der Waals surface area contributed by atoms with Crippen LogP contribution in [-0.2, 0) is 9.53 Å². The van der Waals surface area contributed by atoms with Crippen LogP contribution in [-0.4, -0.2) is 30.3 Å². The lowest BCUT2D eigenvalue weighted by molar-refractivity contribution is -0.187. The van der Waals surface area contributed by atoms with Crippen molar-refractivity contribution in [3.63, 3.8) is 0 Å². The minimum Gasteiger partial charge on any atom is -0.481 e. The van der Waals surface area contributed by atoms with E-state index >= 15 is 0 Å². The fraction of sp³-hybridized carbons (Fsp3) is 0.900. The van der Waals surface area contributed by atoms with E-state index in [1.165, 1.54) is 12.8 Å². The lowest BCUT2D eigenvalue weighted by atomic mass is 9.72. The fourth-order valence-electron chi connectivity index (χ4n) is 2.55. The Labute approximate surface area is 83.4 Å². The van der Waals surface area contributed by atoms with Crippen LogP contribution in [0.2, 0.25) is 0 Å². The average molecular weight is 199 g/mol. The molecule has 0 aromatic heterocycles. The van der Waals surface area contributed by atoms with Crippen molar-refractivity contribution in [1.82, 2.24) is 0 Å². The van der Waals surface area contributed by atoms with Crippen LogP contribution >= 0.6 is 0 Å². The molecule has 4 nitrogen and oxygen atoms in total. The first-order valence-electron chi connectivity index (χ1n) is 5.23. The maximum absolute atomic E-state index is 11.1. The van der Waals surface area contributed by atoms with E-state index in [0.717, 1.165) is 12.8 Å². The zero-order chi connectivity index (χ0) is 10.2. The zero-order valence-electron chi connectivity index (χ0n) is 8.24. The van der Waals surface area contributed by atoms with Gasteiger partial charge in [-0.3, -0.25) is 4.79 Å². The molecule has 1 aliphatic carbocycles. The number of aliphatic carboxylic acids is 1. The molecular formula is C10H17NO3. The number of hydrogen-bond donors (Lipinski definition) is 2. The van der Waals surface area contributed by atoms with E-state index in [1.54, 1.807) is 0 Å². The van der Waals surface area contributed by atoms with E-state index in [1.807, 2.05) is 0 Å². The first kappa shape index (κ1) is 9.93. The highest BCUT2D eigenvalue weighted by molar-refractivity contribution is 5.77. The lowest BCUT2D eigenvalue weighted by Crippen LogP contribution is -2.62. The van der Waals surface area contributed by atoms with Crippen molar-refractivity contribution in [2.24, 2.45) is 17.1 Å². The molecule has 1 heterocycles. The normalized spacial score (nSPS) is 28.4. The minimum atomic E-state index is -0.789. The monoisotopic (exact) mass is 199 g/mol. The summed E-state index contributed by atoms with van der Waals surface area (Å²) < 4.78 is 5.02. The molecule has 2 rings (SSSR count). The summed E-state index contributed by atoms with van der Waals surface area (Å²) in [6.07, 6.45) is 4.54. The molecule has 0 amide bonds. The molecule has 80 valence electrons. The van der Waals surface area contributed by atoms with Gasteiger partial charge in [-0.1, -0.05) is 12.8 Å². The topological polar surface area (TPSA) is 72.6 Å². The molecule has 2 aliphatic rings. The molecular weight excluding hydrogens is 182 g/mol. The summed E-state index contributed by atoms with van der Waals surface area (Å²) in [7, 11) is 0. The maximum Gasteiger partial charge on any atom is 0.315 e. The van der Waals surface area contributed by atoms with Crippen LogP contribution in [0.3, 0.4) is 0 Å². The Balaban J connectivity index is 2.07. The molecule has 1 aliphatic heterocycles. The third kappa shape index (κ3) is 1.33. The first-order valence-corrected chi connectivity index (χ1v) is 5.23. The highest BCUT2D eigenvalue weighted by atomic mass is 16.5. The SMILES string of the molecule is NC(C1CCCC1)C1(C(=O)O)COC1. The van der Waals surface area contributed by atoms with Crippen LogP contribution in [0.5, 0.6) is 0 Å². The molecule has 0 radical (unpaired) electrons. The Bertz CT molecular complexity index is 232. The average Bonchev–Trinajstić information content (AvgIpc) is 2.51. The Hall–Kier alpha value is -0.610. The van der Waals surface area contributed by atoms with Gasteiger partial charge in [0, 0.05) is 6.04 Å². The molecule has 1 unspecified atom stereocenters. The summed E-state index contributed by atoms with van der Waals surface area (Å²) in [5, 5.41) is 9.15. The van der Waals surface area contributed by atoms with Gasteiger partial charge in [0.1, 0.15) is 5.41 Å². The van der Waals surface area contributed by atoms with E-state index in [4.69, 9.17) is 15.6 Å². The third-order valence-corrected chi connectivity index (χ3v) is 3.69. The number of carboxylic acid groups (broad SMARTS) is 1. The number of nitrogens with two attached hydrogens (primary N) is 1. The van der Waals surface area contributed by atoms with Gasteiger partial charge in [-0.15, -0.1) is 0 Å². The Kier molecular flexibility index (Phi) is 2.49. The predicted molar refractivity (Wildman–Crippen MR) is 50.8 cm³/mol. The van der Waals surface area contributed by atoms with Crippen LogP contribution in [0.25, 0.3) is 0 Å². The number of ether oxygens (including phenoxy) is 1. The Morgan fingerprint density at radius 2 is 2.00 bits per heavy atom. The number of carboxylic acids is 1. The number of rotatable bonds is 3. The zero-order valence-corrected chi connectivity index (χ0v) is 8.24. The van der Waals surface area contributed by atoms with Gasteiger partial charge in [-0.05, 0) is 18.8 Å². The molecule has 2 fully saturated rings. The summed E-state index contributed by atoms with van der Waals surface area (Å²) in [4.78, 5) is 11.1. The molecule has 0 aromatic rings. The van der Waals surface area contributed by atoms with Crippen LogP contribution in [0, 0.1) is 11.3 Å². The summed E-state index contributed by atoms with van der Waals surface area (Å²) >= 11 is 0. The molecule has 0 bridgehead atoms. The van der Waals surface area contributed by atoms with Crippen molar-refractivity contribution in [1.29, 1.82) is 0 Å². The van der Waals surface area contributed by atoms with Crippen molar-refractivity contribution in [3.05, 3.63) is 0 Å². The largest absolute Gasteiger partial charge is 0.481 e. The Morgan fingerprint density at radius 1 is 1.43 bits per heavy atom. The standard InChI is InChI=1S/C10H17NO3/c11-8(7-3-1-2-4-7)10(9(12)13)5-14-6-10/h7-8H,1-6,11H2,(H,12,13). The number of carbonyl (C=O) groups is 1. The van der Waals surface area contributed by atoms with E-state index < -0.39 is 11.4 Å². The van der Waals surface area contributed by atoms with E-state index in [2.05, 4.69) is 0 Å². The fourth-order valence-corrected chi connectivity index (χ4v) is 2.55. The summed E-state index contributed by atoms with van der Waals surface area (Å²) in [5.41, 5.74) is 5.28. The molecule has 14 heavy (non-hydrogen) atoms. The highest BCUT2D eigenvalue weighted by Gasteiger charge is 2.53. The molecule has 3 N–H and O–H groups in total. The van der Waals surface area contributed by atoms with Crippen LogP contribution in [0.4, 0.5) is 0 Å². The first-order chi connectivity index (χ1) is 6.67. The van der Waals surface area contributed by atoms with Crippen molar-refractivity contribution in [2.75, 3.05) is 13.2 Å². The summed E-state index contributed by atoms with van der Waals surface area (Å²) in [6.45, 7) is 0.583. The molecule has 1 saturated carbocycles. The smallest absolute Gasteiger partial charge is 0.315 e. The van der Waals surface area contributed by atoms with Gasteiger partial charge in [0.25, 0.3) is 0 Å². The van der Waals surface area contributed by atoms with E-state index in [9.17, 15) is 4.79 Å². The molecule has 1 atom stereocenters. The van der Waals surface area contributed by atoms with Crippen LogP contribution < -0.4 is 5.73 Å². The van der Waals surface area contributed by atoms with Crippen molar-refractivity contribution < 1.29 is 14.6 Å². The molecule has 0 aromatic carbocycles. The van der Waals surface area contributed by atoms with Crippen molar-refractivity contribution in [3.8, 4) is 0 Å². The van der Waals surface area contributed by atoms with E-state index in [0.29, 0.717) is 19.1 Å². The predicted octanol–water partition coefficient (Wildman–Crippen LogP) is 0.605. The lowest BCUT2D eigenvalue weighted by Gasteiger charge is -2.44. The maximum atomic E-state index is 11.1. The quantitative estimate of drug-likeness (QED) is 0.698. The van der Waals surface area contributed by atoms with Gasteiger partial charge in [0.15, 0.2) is 0 Å². The summed E-state index contributed by atoms with van der Waals surface area (Å²) in [5.74, 6) is -0.404. The molecule has 1 saturated heterocycles. The van der Waals surface area contributed by atoms with Crippen LogP contribution in [0.15, 0.2) is 0 Å². The second kappa shape index (κ2) is 3.51. The van der Waals surface area contributed by atoms with Crippen molar-refractivity contribution in [2.45, 2.75) is 31.7 Å². The summed E-state index contributed by atoms with van der Waals surface area (Å²) in [6, 6.07) is -0.226. The molecule has 0 spiro atoms. The van der Waals surface area contributed by atoms with Gasteiger partial charge in [-0.25, -0.2) is 0 Å². The Morgan fingerprint density at radius 3 is 2.36 bits per heavy atom. The van der Waals surface area contributed by atoms with Gasteiger partial charge >= 0.3 is 5.97 Å². The second-order valence-electron chi connectivity index (χ2n) is 4.52. The molecule has 4 heteroatoms. The minimum absolute atomic E-state index is 0.226. The van der Waals surface area contributed by atoms with Gasteiger partial charge in [-0.2, -0.15) is 0 Å². The van der Waals surface area contributed by atoms with Gasteiger partial charge in [0.2, 0.25) is 0 Å². The second-order valence-corrected chi connectivity index (χ2v) is 4.52. The van der Waals surface area contributed by atoms with Gasteiger partial charge in [0.05, 0.1) is 13.2 Å². The third-order valence-electron chi connectivity index (χ3n) is 3.69. The number of hydrogen-bond acceptors (Lipinski definition) is 3. The van der Waals surface area contributed by atoms with Crippen LogP contribution in [0.1, 0.15) is 25.7 Å². The van der Waals surface area contributed by atoms with Crippen molar-refractivity contribution >= 4 is 5.97 Å². The van der Waals surface area contributed by atoms with E-state index in [-0.39, 0.29) is 6.04 Å².